The lowest BCUT2D eigenvalue weighted by molar-refractivity contribution is -0.140. The predicted octanol–water partition coefficient (Wildman–Crippen LogP) is 3.93. The summed E-state index contributed by atoms with van der Waals surface area (Å²) < 4.78 is 22.0. The Labute approximate surface area is 200 Å². The number of aliphatic hydroxyl groups is 1. The predicted molar refractivity (Wildman–Crippen MR) is 126 cm³/mol. The highest BCUT2D eigenvalue weighted by molar-refractivity contribution is 9.10. The van der Waals surface area contributed by atoms with E-state index in [2.05, 4.69) is 15.9 Å². The van der Waals surface area contributed by atoms with Gasteiger partial charge in [0.05, 0.1) is 43.5 Å². The van der Waals surface area contributed by atoms with Gasteiger partial charge in [-0.1, -0.05) is 6.07 Å². The molecule has 176 valence electrons. The molecule has 1 saturated heterocycles. The molecule has 8 nitrogen and oxygen atoms in total. The molecule has 0 aromatic heterocycles. The molecule has 0 bridgehead atoms. The molecule has 1 aliphatic rings. The summed E-state index contributed by atoms with van der Waals surface area (Å²) in [4.78, 5) is 27.4. The number of hydrogen-bond donors (Lipinski definition) is 1. The number of benzene rings is 2. The van der Waals surface area contributed by atoms with Gasteiger partial charge in [-0.15, -0.1) is 0 Å². The van der Waals surface area contributed by atoms with Crippen LogP contribution >= 0.6 is 15.9 Å². The van der Waals surface area contributed by atoms with Gasteiger partial charge in [-0.05, 0) is 58.7 Å². The molecule has 0 saturated carbocycles. The second kappa shape index (κ2) is 10.7. The minimum atomic E-state index is -0.828. The number of carbonyl (C=O) groups excluding carboxylic acids is 2. The van der Waals surface area contributed by atoms with Crippen molar-refractivity contribution in [1.29, 1.82) is 0 Å². The van der Waals surface area contributed by atoms with Crippen molar-refractivity contribution in [3.05, 3.63) is 57.6 Å². The van der Waals surface area contributed by atoms with Gasteiger partial charge in [-0.25, -0.2) is 0 Å². The van der Waals surface area contributed by atoms with Crippen molar-refractivity contribution in [2.24, 2.45) is 0 Å². The summed E-state index contributed by atoms with van der Waals surface area (Å²) >= 11 is 3.39. The number of carbonyl (C=O) groups is 2. The Morgan fingerprint density at radius 3 is 2.33 bits per heavy atom. The quantitative estimate of drug-likeness (QED) is 0.304. The summed E-state index contributed by atoms with van der Waals surface area (Å²) in [5.74, 6) is -0.197. The molecule has 1 fully saturated rings. The fourth-order valence-corrected chi connectivity index (χ4v) is 4.29. The van der Waals surface area contributed by atoms with E-state index in [4.69, 9.17) is 18.9 Å². The molecule has 33 heavy (non-hydrogen) atoms. The van der Waals surface area contributed by atoms with E-state index in [1.165, 1.54) is 26.2 Å². The largest absolute Gasteiger partial charge is 0.507 e. The Morgan fingerprint density at radius 2 is 1.73 bits per heavy atom. The van der Waals surface area contributed by atoms with Crippen LogP contribution in [0.2, 0.25) is 0 Å². The van der Waals surface area contributed by atoms with E-state index < -0.39 is 17.7 Å². The summed E-state index contributed by atoms with van der Waals surface area (Å²) in [6.07, 6.45) is 0. The Morgan fingerprint density at radius 1 is 1.03 bits per heavy atom. The molecule has 1 aliphatic heterocycles. The number of ketones is 1. The van der Waals surface area contributed by atoms with Crippen LogP contribution in [0.25, 0.3) is 5.76 Å². The lowest BCUT2D eigenvalue weighted by Gasteiger charge is -2.25. The van der Waals surface area contributed by atoms with Gasteiger partial charge >= 0.3 is 0 Å². The average Bonchev–Trinajstić information content (AvgIpc) is 3.07. The van der Waals surface area contributed by atoms with Crippen LogP contribution in [0.3, 0.4) is 0 Å². The highest BCUT2D eigenvalue weighted by Crippen LogP contribution is 2.42. The van der Waals surface area contributed by atoms with Crippen LogP contribution < -0.4 is 14.2 Å². The van der Waals surface area contributed by atoms with E-state index in [0.717, 1.165) is 0 Å². The van der Waals surface area contributed by atoms with E-state index in [1.54, 1.807) is 36.4 Å². The summed E-state index contributed by atoms with van der Waals surface area (Å²) in [7, 11) is 4.55. The van der Waals surface area contributed by atoms with Crippen molar-refractivity contribution in [3.8, 4) is 17.2 Å². The third kappa shape index (κ3) is 4.84. The van der Waals surface area contributed by atoms with E-state index >= 15 is 0 Å². The Hall–Kier alpha value is -3.04. The molecule has 3 rings (SSSR count). The monoisotopic (exact) mass is 519 g/mol. The minimum absolute atomic E-state index is 0.0145. The molecule has 9 heteroatoms. The fraction of sp³-hybridized carbons (Fsp3) is 0.333. The van der Waals surface area contributed by atoms with E-state index in [0.29, 0.717) is 39.5 Å². The average molecular weight is 520 g/mol. The van der Waals surface area contributed by atoms with Gasteiger partial charge in [-0.2, -0.15) is 0 Å². The van der Waals surface area contributed by atoms with Crippen LogP contribution in [0.5, 0.6) is 17.2 Å². The highest BCUT2D eigenvalue weighted by atomic mass is 79.9. The number of ether oxygens (including phenoxy) is 4. The third-order valence-electron chi connectivity index (χ3n) is 5.30. The summed E-state index contributed by atoms with van der Waals surface area (Å²) in [6.45, 7) is 2.71. The molecule has 0 aliphatic carbocycles. The SMILES string of the molecule is CCOc1ccc(C2/C(=C(/O)c3ccc(OC)c(Br)c3)C(=O)C(=O)N2CCOC)cc1OC. The lowest BCUT2D eigenvalue weighted by Crippen LogP contribution is -2.32. The maximum absolute atomic E-state index is 13.1. The van der Waals surface area contributed by atoms with E-state index in [9.17, 15) is 14.7 Å². The first-order valence-corrected chi connectivity index (χ1v) is 11.1. The number of rotatable bonds is 9. The van der Waals surface area contributed by atoms with Crippen LogP contribution in [0.1, 0.15) is 24.1 Å². The number of aliphatic hydroxyl groups excluding tert-OH is 1. The molecule has 2 aromatic rings. The second-order valence-electron chi connectivity index (χ2n) is 7.18. The first-order chi connectivity index (χ1) is 15.9. The van der Waals surface area contributed by atoms with Crippen LogP contribution in [-0.4, -0.2) is 62.8 Å². The zero-order valence-corrected chi connectivity index (χ0v) is 20.5. The number of amides is 1. The molecule has 1 N–H and O–H groups in total. The molecule has 0 spiro atoms. The topological polar surface area (TPSA) is 94.5 Å². The van der Waals surface area contributed by atoms with Crippen molar-refractivity contribution in [3.63, 3.8) is 0 Å². The first kappa shape index (κ1) is 24.6. The van der Waals surface area contributed by atoms with Crippen molar-refractivity contribution >= 4 is 33.4 Å². The van der Waals surface area contributed by atoms with Crippen LogP contribution in [0.15, 0.2) is 46.4 Å². The van der Waals surface area contributed by atoms with E-state index in [-0.39, 0.29) is 24.5 Å². The zero-order chi connectivity index (χ0) is 24.1. The van der Waals surface area contributed by atoms with Crippen LogP contribution in [0, 0.1) is 0 Å². The van der Waals surface area contributed by atoms with Crippen LogP contribution in [-0.2, 0) is 14.3 Å². The molecule has 1 heterocycles. The van der Waals surface area contributed by atoms with Gasteiger partial charge < -0.3 is 29.0 Å². The summed E-state index contributed by atoms with van der Waals surface area (Å²) in [6, 6.07) is 9.27. The van der Waals surface area contributed by atoms with Crippen molar-refractivity contribution in [2.45, 2.75) is 13.0 Å². The Bertz CT molecular complexity index is 1080. The van der Waals surface area contributed by atoms with E-state index in [1.807, 2.05) is 6.92 Å². The molecule has 0 radical (unpaired) electrons. The standard InChI is InChI=1S/C24H26BrNO7/c1-5-33-18-9-6-14(13-19(18)32-4)21-20(23(28)24(29)26(21)10-11-30-2)22(27)15-7-8-17(31-3)16(25)12-15/h6-9,12-13,21,27H,5,10-11H2,1-4H3/b22-20-. The molecule has 1 unspecified atom stereocenters. The van der Waals surface area contributed by atoms with Gasteiger partial charge in [0.1, 0.15) is 11.5 Å². The van der Waals surface area contributed by atoms with Crippen molar-refractivity contribution in [2.75, 3.05) is 41.1 Å². The summed E-state index contributed by atoms with van der Waals surface area (Å²) in [5, 5.41) is 11.2. The van der Waals surface area contributed by atoms with Gasteiger partial charge in [0.15, 0.2) is 11.5 Å². The Kier molecular flexibility index (Phi) is 7.99. The fourth-order valence-electron chi connectivity index (χ4n) is 3.75. The van der Waals surface area contributed by atoms with Gasteiger partial charge in [0.25, 0.3) is 11.7 Å². The second-order valence-corrected chi connectivity index (χ2v) is 8.03. The first-order valence-electron chi connectivity index (χ1n) is 10.3. The molecule has 2 aromatic carbocycles. The van der Waals surface area contributed by atoms with Gasteiger partial charge in [0.2, 0.25) is 0 Å². The number of methoxy groups -OCH3 is 3. The maximum atomic E-state index is 13.1. The number of likely N-dealkylation sites (tertiary alicyclic amines) is 1. The molecule has 1 amide bonds. The normalized spacial score (nSPS) is 17.4. The van der Waals surface area contributed by atoms with Crippen LogP contribution in [0.4, 0.5) is 0 Å². The molecule has 1 atom stereocenters. The van der Waals surface area contributed by atoms with Gasteiger partial charge in [-0.3, -0.25) is 9.59 Å². The molecular weight excluding hydrogens is 494 g/mol. The Balaban J connectivity index is 2.18. The number of Topliss-reactive ketones (excluding diaryl/α,β-unsaturated/α-hetero) is 1. The highest BCUT2D eigenvalue weighted by Gasteiger charge is 2.46. The third-order valence-corrected chi connectivity index (χ3v) is 5.92. The number of nitrogens with zero attached hydrogens (tertiary/aromatic N) is 1. The number of halogens is 1. The zero-order valence-electron chi connectivity index (χ0n) is 18.9. The minimum Gasteiger partial charge on any atom is -0.507 e. The summed E-state index contributed by atoms with van der Waals surface area (Å²) in [5.41, 5.74) is 0.953. The van der Waals surface area contributed by atoms with Gasteiger partial charge in [0, 0.05) is 19.2 Å². The van der Waals surface area contributed by atoms with Crippen molar-refractivity contribution in [1.82, 2.24) is 4.90 Å². The lowest BCUT2D eigenvalue weighted by atomic mass is 9.95. The molecular formula is C24H26BrNO7. The number of hydrogen-bond acceptors (Lipinski definition) is 7. The van der Waals surface area contributed by atoms with Crippen molar-refractivity contribution < 1.29 is 33.6 Å². The smallest absolute Gasteiger partial charge is 0.295 e. The maximum Gasteiger partial charge on any atom is 0.295 e.